The van der Waals surface area contributed by atoms with Crippen LogP contribution in [0, 0.1) is 5.92 Å². The van der Waals surface area contributed by atoms with E-state index in [1.165, 1.54) is 57.8 Å². The third kappa shape index (κ3) is 5.76. The van der Waals surface area contributed by atoms with E-state index in [1.54, 1.807) is 0 Å². The summed E-state index contributed by atoms with van der Waals surface area (Å²) >= 11 is 0. The summed E-state index contributed by atoms with van der Waals surface area (Å²) in [5.74, 6) is 0.890. The van der Waals surface area contributed by atoms with Crippen LogP contribution in [0.2, 0.25) is 0 Å². The summed E-state index contributed by atoms with van der Waals surface area (Å²) in [5, 5.41) is 3.47. The molecule has 0 bridgehead atoms. The normalized spacial score (nSPS) is 23.3. The molecule has 0 radical (unpaired) electrons. The lowest BCUT2D eigenvalue weighted by molar-refractivity contribution is 0.115. The summed E-state index contributed by atoms with van der Waals surface area (Å²) in [6.07, 6.45) is 1.37. The van der Waals surface area contributed by atoms with Crippen LogP contribution < -0.4 is 5.32 Å². The van der Waals surface area contributed by atoms with Crippen LogP contribution >= 0.6 is 24.8 Å². The SMILES string of the molecule is Cl.Cl.c1ccc(CN2CCN(CC3CCNC3)CC2)cc1. The van der Waals surface area contributed by atoms with Crippen molar-refractivity contribution in [1.82, 2.24) is 15.1 Å². The molecule has 21 heavy (non-hydrogen) atoms. The van der Waals surface area contributed by atoms with Gasteiger partial charge in [-0.1, -0.05) is 30.3 Å². The van der Waals surface area contributed by atoms with Gasteiger partial charge < -0.3 is 10.2 Å². The van der Waals surface area contributed by atoms with Gasteiger partial charge in [-0.25, -0.2) is 0 Å². The Morgan fingerprint density at radius 3 is 2.24 bits per heavy atom. The molecule has 1 aromatic rings. The zero-order chi connectivity index (χ0) is 12.9. The van der Waals surface area contributed by atoms with Crippen molar-refractivity contribution in [2.75, 3.05) is 45.8 Å². The summed E-state index contributed by atoms with van der Waals surface area (Å²) in [6, 6.07) is 10.8. The fourth-order valence-corrected chi connectivity index (χ4v) is 3.21. The van der Waals surface area contributed by atoms with Gasteiger partial charge in [0.15, 0.2) is 0 Å². The van der Waals surface area contributed by atoms with Gasteiger partial charge in [0.2, 0.25) is 0 Å². The molecular weight excluding hydrogens is 305 g/mol. The maximum Gasteiger partial charge on any atom is 0.0234 e. The van der Waals surface area contributed by atoms with Gasteiger partial charge >= 0.3 is 0 Å². The number of halogens is 2. The second-order valence-corrected chi connectivity index (χ2v) is 5.92. The second-order valence-electron chi connectivity index (χ2n) is 5.92. The number of nitrogens with one attached hydrogen (secondary N) is 1. The largest absolute Gasteiger partial charge is 0.316 e. The molecule has 3 nitrogen and oxygen atoms in total. The lowest BCUT2D eigenvalue weighted by atomic mass is 10.1. The Hall–Kier alpha value is -0.320. The van der Waals surface area contributed by atoms with Crippen molar-refractivity contribution in [1.29, 1.82) is 0 Å². The van der Waals surface area contributed by atoms with E-state index in [0.717, 1.165) is 12.5 Å². The van der Waals surface area contributed by atoms with Crippen molar-refractivity contribution < 1.29 is 0 Å². The molecule has 0 amide bonds. The lowest BCUT2D eigenvalue weighted by Gasteiger charge is -2.35. The molecule has 120 valence electrons. The quantitative estimate of drug-likeness (QED) is 0.912. The van der Waals surface area contributed by atoms with Gasteiger partial charge in [0.05, 0.1) is 0 Å². The number of nitrogens with zero attached hydrogens (tertiary/aromatic N) is 2. The van der Waals surface area contributed by atoms with Gasteiger partial charge in [-0.3, -0.25) is 4.90 Å². The minimum absolute atomic E-state index is 0. The fraction of sp³-hybridized carbons (Fsp3) is 0.625. The van der Waals surface area contributed by atoms with E-state index in [0.29, 0.717) is 0 Å². The van der Waals surface area contributed by atoms with Crippen molar-refractivity contribution in [2.24, 2.45) is 5.92 Å². The molecule has 0 aliphatic carbocycles. The highest BCUT2D eigenvalue weighted by molar-refractivity contribution is 5.85. The monoisotopic (exact) mass is 331 g/mol. The summed E-state index contributed by atoms with van der Waals surface area (Å²) in [7, 11) is 0. The average Bonchev–Trinajstić information content (AvgIpc) is 2.95. The number of benzene rings is 1. The molecule has 2 aliphatic rings. The number of hydrogen-bond donors (Lipinski definition) is 1. The molecule has 1 atom stereocenters. The van der Waals surface area contributed by atoms with Gasteiger partial charge in [0.25, 0.3) is 0 Å². The molecule has 2 aliphatic heterocycles. The Kier molecular flexibility index (Phi) is 8.60. The maximum absolute atomic E-state index is 3.47. The summed E-state index contributed by atoms with van der Waals surface area (Å²) in [6.45, 7) is 9.77. The first-order valence-corrected chi connectivity index (χ1v) is 7.59. The molecule has 2 fully saturated rings. The minimum Gasteiger partial charge on any atom is -0.316 e. The molecule has 0 spiro atoms. The van der Waals surface area contributed by atoms with Crippen LogP contribution in [-0.4, -0.2) is 55.6 Å². The Bertz CT molecular complexity index is 374. The van der Waals surface area contributed by atoms with Gasteiger partial charge in [0, 0.05) is 39.3 Å². The number of hydrogen-bond acceptors (Lipinski definition) is 3. The van der Waals surface area contributed by atoms with Crippen LogP contribution in [0.4, 0.5) is 0 Å². The van der Waals surface area contributed by atoms with Crippen molar-refractivity contribution in [2.45, 2.75) is 13.0 Å². The molecule has 0 aromatic heterocycles. The number of piperazine rings is 1. The average molecular weight is 332 g/mol. The highest BCUT2D eigenvalue weighted by Gasteiger charge is 2.21. The van der Waals surface area contributed by atoms with Crippen molar-refractivity contribution in [3.63, 3.8) is 0 Å². The smallest absolute Gasteiger partial charge is 0.0234 e. The van der Waals surface area contributed by atoms with Gasteiger partial charge in [-0.05, 0) is 31.0 Å². The molecular formula is C16H27Cl2N3. The van der Waals surface area contributed by atoms with E-state index in [-0.39, 0.29) is 24.8 Å². The lowest BCUT2D eigenvalue weighted by Crippen LogP contribution is -2.47. The second kappa shape index (κ2) is 9.65. The minimum atomic E-state index is 0. The Morgan fingerprint density at radius 2 is 1.62 bits per heavy atom. The first-order valence-electron chi connectivity index (χ1n) is 7.59. The van der Waals surface area contributed by atoms with E-state index < -0.39 is 0 Å². The molecule has 3 rings (SSSR count). The van der Waals surface area contributed by atoms with Gasteiger partial charge in [-0.15, -0.1) is 24.8 Å². The molecule has 5 heteroatoms. The highest BCUT2D eigenvalue weighted by Crippen LogP contribution is 2.13. The zero-order valence-electron chi connectivity index (χ0n) is 12.5. The fourth-order valence-electron chi connectivity index (χ4n) is 3.21. The van der Waals surface area contributed by atoms with Crippen molar-refractivity contribution in [3.05, 3.63) is 35.9 Å². The zero-order valence-corrected chi connectivity index (χ0v) is 14.2. The van der Waals surface area contributed by atoms with E-state index in [9.17, 15) is 0 Å². The third-order valence-corrected chi connectivity index (χ3v) is 4.39. The van der Waals surface area contributed by atoms with Crippen molar-refractivity contribution >= 4 is 24.8 Å². The van der Waals surface area contributed by atoms with E-state index in [1.807, 2.05) is 0 Å². The van der Waals surface area contributed by atoms with Crippen LogP contribution in [0.5, 0.6) is 0 Å². The van der Waals surface area contributed by atoms with E-state index >= 15 is 0 Å². The van der Waals surface area contributed by atoms with Crippen molar-refractivity contribution in [3.8, 4) is 0 Å². The number of rotatable bonds is 4. The molecule has 2 saturated heterocycles. The third-order valence-electron chi connectivity index (χ3n) is 4.39. The van der Waals surface area contributed by atoms with Gasteiger partial charge in [0.1, 0.15) is 0 Å². The van der Waals surface area contributed by atoms with Crippen LogP contribution in [0.15, 0.2) is 30.3 Å². The molecule has 0 saturated carbocycles. The maximum atomic E-state index is 3.47. The Balaban J connectivity index is 0.00000110. The topological polar surface area (TPSA) is 18.5 Å². The van der Waals surface area contributed by atoms with Crippen LogP contribution in [0.3, 0.4) is 0 Å². The standard InChI is InChI=1S/C16H25N3.2ClH/c1-2-4-15(5-3-1)13-18-8-10-19(11-9-18)14-16-6-7-17-12-16;;/h1-5,16-17H,6-14H2;2*1H. The van der Waals surface area contributed by atoms with Crippen LogP contribution in [-0.2, 0) is 6.54 Å². The van der Waals surface area contributed by atoms with Crippen LogP contribution in [0.25, 0.3) is 0 Å². The van der Waals surface area contributed by atoms with Crippen LogP contribution in [0.1, 0.15) is 12.0 Å². The molecule has 2 heterocycles. The Labute approximate surface area is 140 Å². The first-order chi connectivity index (χ1) is 9.40. The van der Waals surface area contributed by atoms with Gasteiger partial charge in [-0.2, -0.15) is 0 Å². The summed E-state index contributed by atoms with van der Waals surface area (Å²) in [4.78, 5) is 5.23. The summed E-state index contributed by atoms with van der Waals surface area (Å²) < 4.78 is 0. The first kappa shape index (κ1) is 18.7. The molecule has 1 unspecified atom stereocenters. The van der Waals surface area contributed by atoms with E-state index in [4.69, 9.17) is 0 Å². The molecule has 1 aromatic carbocycles. The predicted octanol–water partition coefficient (Wildman–Crippen LogP) is 2.26. The summed E-state index contributed by atoms with van der Waals surface area (Å²) in [5.41, 5.74) is 1.44. The predicted molar refractivity (Wildman–Crippen MR) is 93.6 cm³/mol. The Morgan fingerprint density at radius 1 is 0.952 bits per heavy atom. The van der Waals surface area contributed by atoms with E-state index in [2.05, 4.69) is 45.4 Å². The molecule has 1 N–H and O–H groups in total. The highest BCUT2D eigenvalue weighted by atomic mass is 35.5.